The highest BCUT2D eigenvalue weighted by atomic mass is 127. The van der Waals surface area contributed by atoms with E-state index in [1.165, 1.54) is 18.5 Å². The van der Waals surface area contributed by atoms with Gasteiger partial charge in [0, 0.05) is 46.0 Å². The molecule has 0 spiro atoms. The van der Waals surface area contributed by atoms with E-state index < -0.39 is 0 Å². The first-order chi connectivity index (χ1) is 11.2. The summed E-state index contributed by atoms with van der Waals surface area (Å²) in [6.45, 7) is 2.48. The van der Waals surface area contributed by atoms with E-state index in [0.717, 1.165) is 37.1 Å². The highest BCUT2D eigenvalue weighted by molar-refractivity contribution is 14.0. The van der Waals surface area contributed by atoms with Crippen molar-refractivity contribution < 1.29 is 0 Å². The van der Waals surface area contributed by atoms with Gasteiger partial charge in [0.2, 0.25) is 0 Å². The second-order valence-electron chi connectivity index (χ2n) is 6.01. The van der Waals surface area contributed by atoms with Gasteiger partial charge in [-0.25, -0.2) is 0 Å². The highest BCUT2D eigenvalue weighted by Gasteiger charge is 2.16. The lowest BCUT2D eigenvalue weighted by Crippen LogP contribution is -2.39. The van der Waals surface area contributed by atoms with Gasteiger partial charge < -0.3 is 19.4 Å². The first kappa shape index (κ1) is 18.8. The van der Waals surface area contributed by atoms with E-state index in [1.807, 2.05) is 14.1 Å². The van der Waals surface area contributed by atoms with Crippen molar-refractivity contribution in [2.45, 2.75) is 38.9 Å². The molecule has 0 saturated carbocycles. The zero-order valence-electron chi connectivity index (χ0n) is 14.6. The van der Waals surface area contributed by atoms with Crippen LogP contribution in [0.1, 0.15) is 30.2 Å². The molecule has 0 atom stereocenters. The topological polar surface area (TPSA) is 63.3 Å². The zero-order valence-corrected chi connectivity index (χ0v) is 16.9. The van der Waals surface area contributed by atoms with Crippen LogP contribution < -0.4 is 5.32 Å². The van der Waals surface area contributed by atoms with Gasteiger partial charge in [-0.3, -0.25) is 4.99 Å². The molecule has 1 aliphatic rings. The summed E-state index contributed by atoms with van der Waals surface area (Å²) in [7, 11) is 5.91. The van der Waals surface area contributed by atoms with Crippen LogP contribution >= 0.6 is 24.0 Å². The second kappa shape index (κ2) is 8.50. The highest BCUT2D eigenvalue weighted by Crippen LogP contribution is 2.14. The van der Waals surface area contributed by atoms with Crippen molar-refractivity contribution >= 4 is 29.9 Å². The van der Waals surface area contributed by atoms with Crippen molar-refractivity contribution in [1.82, 2.24) is 29.5 Å². The van der Waals surface area contributed by atoms with Crippen LogP contribution in [0, 0.1) is 0 Å². The number of fused-ring (bicyclic) bond motifs is 1. The molecular weight excluding hydrogens is 417 g/mol. The largest absolute Gasteiger partial charge is 0.353 e. The summed E-state index contributed by atoms with van der Waals surface area (Å²) in [5.74, 6) is 2.97. The number of nitrogens with zero attached hydrogens (tertiary/aromatic N) is 6. The summed E-state index contributed by atoms with van der Waals surface area (Å²) < 4.78 is 4.36. The average molecular weight is 443 g/mol. The number of hydrogen-bond donors (Lipinski definition) is 1. The SMILES string of the molecule is CN=C(NCc1nnc2n1CCCC2)N(C)Cc1cccn1C.I. The summed E-state index contributed by atoms with van der Waals surface area (Å²) in [4.78, 5) is 6.49. The van der Waals surface area contributed by atoms with Crippen LogP contribution in [0.25, 0.3) is 0 Å². The third-order valence-corrected chi connectivity index (χ3v) is 4.36. The van der Waals surface area contributed by atoms with E-state index >= 15 is 0 Å². The van der Waals surface area contributed by atoms with E-state index in [0.29, 0.717) is 6.54 Å². The number of halogens is 1. The van der Waals surface area contributed by atoms with Crippen LogP contribution in [0.4, 0.5) is 0 Å². The molecule has 0 aromatic carbocycles. The zero-order chi connectivity index (χ0) is 16.2. The van der Waals surface area contributed by atoms with Crippen LogP contribution in [0.15, 0.2) is 23.3 Å². The molecule has 2 aromatic rings. The Balaban J connectivity index is 0.00000208. The van der Waals surface area contributed by atoms with Crippen LogP contribution in [0.3, 0.4) is 0 Å². The molecule has 0 fully saturated rings. The maximum atomic E-state index is 4.37. The third-order valence-electron chi connectivity index (χ3n) is 4.36. The minimum Gasteiger partial charge on any atom is -0.353 e. The Morgan fingerprint density at radius 1 is 1.38 bits per heavy atom. The number of rotatable bonds is 4. The minimum absolute atomic E-state index is 0. The fourth-order valence-corrected chi connectivity index (χ4v) is 3.02. The van der Waals surface area contributed by atoms with Crippen LogP contribution in [0.5, 0.6) is 0 Å². The van der Waals surface area contributed by atoms with Crippen LogP contribution in [-0.4, -0.2) is 44.3 Å². The van der Waals surface area contributed by atoms with Crippen LogP contribution in [0.2, 0.25) is 0 Å². The normalized spacial score (nSPS) is 14.0. The smallest absolute Gasteiger partial charge is 0.194 e. The van der Waals surface area contributed by atoms with Gasteiger partial charge in [0.1, 0.15) is 5.82 Å². The van der Waals surface area contributed by atoms with E-state index in [2.05, 4.69) is 59.9 Å². The molecule has 2 aromatic heterocycles. The summed E-state index contributed by atoms with van der Waals surface area (Å²) in [5.41, 5.74) is 1.25. The quantitative estimate of drug-likeness (QED) is 0.445. The molecule has 0 saturated heterocycles. The van der Waals surface area contributed by atoms with Gasteiger partial charge in [-0.05, 0) is 25.0 Å². The first-order valence-corrected chi connectivity index (χ1v) is 8.12. The Kier molecular flexibility index (Phi) is 6.64. The molecule has 24 heavy (non-hydrogen) atoms. The number of aliphatic imine (C=N–C) groups is 1. The Morgan fingerprint density at radius 2 is 2.21 bits per heavy atom. The molecule has 8 heteroatoms. The van der Waals surface area contributed by atoms with Crippen molar-refractivity contribution in [3.63, 3.8) is 0 Å². The predicted octanol–water partition coefficient (Wildman–Crippen LogP) is 1.78. The first-order valence-electron chi connectivity index (χ1n) is 8.12. The molecule has 0 bridgehead atoms. The maximum Gasteiger partial charge on any atom is 0.194 e. The second-order valence-corrected chi connectivity index (χ2v) is 6.01. The van der Waals surface area contributed by atoms with Gasteiger partial charge in [0.15, 0.2) is 11.8 Å². The molecular formula is C16H26IN7. The van der Waals surface area contributed by atoms with Gasteiger partial charge in [0.05, 0.1) is 13.1 Å². The molecule has 132 valence electrons. The third kappa shape index (κ3) is 4.08. The minimum atomic E-state index is 0. The van der Waals surface area contributed by atoms with Gasteiger partial charge in [-0.15, -0.1) is 34.2 Å². The molecule has 3 rings (SSSR count). The summed E-state index contributed by atoms with van der Waals surface area (Å²) >= 11 is 0. The fraction of sp³-hybridized carbons (Fsp3) is 0.562. The number of guanidine groups is 1. The van der Waals surface area contributed by atoms with E-state index in [-0.39, 0.29) is 24.0 Å². The number of aryl methyl sites for hydroxylation is 2. The van der Waals surface area contributed by atoms with Crippen molar-refractivity contribution in [2.75, 3.05) is 14.1 Å². The molecule has 1 N–H and O–H groups in total. The molecule has 1 aliphatic heterocycles. The molecule has 0 unspecified atom stereocenters. The predicted molar refractivity (Wildman–Crippen MR) is 105 cm³/mol. The number of aromatic nitrogens is 4. The summed E-state index contributed by atoms with van der Waals surface area (Å²) in [6.07, 6.45) is 5.52. The summed E-state index contributed by atoms with van der Waals surface area (Å²) in [5, 5.41) is 12.0. The number of hydrogen-bond acceptors (Lipinski definition) is 3. The monoisotopic (exact) mass is 443 g/mol. The van der Waals surface area contributed by atoms with Crippen molar-refractivity contribution in [1.29, 1.82) is 0 Å². The van der Waals surface area contributed by atoms with E-state index in [9.17, 15) is 0 Å². The molecule has 0 aliphatic carbocycles. The van der Waals surface area contributed by atoms with Crippen molar-refractivity contribution in [3.8, 4) is 0 Å². The lowest BCUT2D eigenvalue weighted by molar-refractivity contribution is 0.456. The van der Waals surface area contributed by atoms with Crippen LogP contribution in [-0.2, 0) is 33.1 Å². The van der Waals surface area contributed by atoms with Gasteiger partial charge in [0.25, 0.3) is 0 Å². The fourth-order valence-electron chi connectivity index (χ4n) is 3.02. The van der Waals surface area contributed by atoms with Gasteiger partial charge >= 0.3 is 0 Å². The molecule has 7 nitrogen and oxygen atoms in total. The molecule has 3 heterocycles. The van der Waals surface area contributed by atoms with E-state index in [1.54, 1.807) is 0 Å². The Labute approximate surface area is 160 Å². The lowest BCUT2D eigenvalue weighted by Gasteiger charge is -2.22. The standard InChI is InChI=1S/C16H25N7.HI/c1-17-16(22(3)12-13-7-6-9-21(13)2)18-11-15-20-19-14-8-4-5-10-23(14)15;/h6-7,9H,4-5,8,10-12H2,1-3H3,(H,17,18);1H. The molecule has 0 radical (unpaired) electrons. The lowest BCUT2D eigenvalue weighted by atomic mass is 10.2. The maximum absolute atomic E-state index is 4.37. The Bertz CT molecular complexity index is 688. The Morgan fingerprint density at radius 3 is 2.92 bits per heavy atom. The summed E-state index contributed by atoms with van der Waals surface area (Å²) in [6, 6.07) is 4.18. The van der Waals surface area contributed by atoms with Gasteiger partial charge in [-0.1, -0.05) is 0 Å². The Hall–Kier alpha value is -1.58. The van der Waals surface area contributed by atoms with Crippen molar-refractivity contribution in [3.05, 3.63) is 35.7 Å². The number of nitrogens with one attached hydrogen (secondary N) is 1. The average Bonchev–Trinajstić information content (AvgIpc) is 3.15. The van der Waals surface area contributed by atoms with Gasteiger partial charge in [-0.2, -0.15) is 0 Å². The van der Waals surface area contributed by atoms with E-state index in [4.69, 9.17) is 0 Å². The molecule has 0 amide bonds. The van der Waals surface area contributed by atoms with Crippen molar-refractivity contribution in [2.24, 2.45) is 12.0 Å².